The lowest BCUT2D eigenvalue weighted by molar-refractivity contribution is 1.26. The molecule has 0 fully saturated rings. The van der Waals surface area contributed by atoms with Crippen LogP contribution in [0.4, 0.5) is 5.69 Å². The highest BCUT2D eigenvalue weighted by Crippen LogP contribution is 2.21. The van der Waals surface area contributed by atoms with Gasteiger partial charge in [0.2, 0.25) is 0 Å². The smallest absolute Gasteiger partial charge is 0.0400 e. The monoisotopic (exact) mass is 274 g/mol. The third kappa shape index (κ3) is 3.69. The first-order chi connectivity index (χ1) is 10.4. The maximum atomic E-state index is 4.08. The van der Waals surface area contributed by atoms with Gasteiger partial charge in [-0.2, -0.15) is 0 Å². The zero-order valence-electron chi connectivity index (χ0n) is 11.9. The van der Waals surface area contributed by atoms with Crippen LogP contribution in [0.1, 0.15) is 12.0 Å². The number of hydrogen-bond acceptors (Lipinski definition) is 2. The van der Waals surface area contributed by atoms with Gasteiger partial charge < -0.3 is 5.32 Å². The van der Waals surface area contributed by atoms with Gasteiger partial charge in [-0.25, -0.2) is 0 Å². The van der Waals surface area contributed by atoms with Crippen LogP contribution in [-0.4, -0.2) is 11.5 Å². The van der Waals surface area contributed by atoms with E-state index in [0.717, 1.165) is 18.7 Å². The van der Waals surface area contributed by atoms with E-state index in [0.29, 0.717) is 0 Å². The number of benzene rings is 1. The Kier molecular flexibility index (Phi) is 4.27. The van der Waals surface area contributed by atoms with Crippen molar-refractivity contribution < 1.29 is 0 Å². The number of aromatic nitrogens is 1. The molecule has 0 bridgehead atoms. The molecule has 1 heterocycles. The van der Waals surface area contributed by atoms with E-state index >= 15 is 0 Å². The molecule has 2 heteroatoms. The van der Waals surface area contributed by atoms with Crippen molar-refractivity contribution in [1.82, 2.24) is 4.98 Å². The predicted octanol–water partition coefficient (Wildman–Crippen LogP) is 4.46. The second kappa shape index (κ2) is 6.71. The summed E-state index contributed by atoms with van der Waals surface area (Å²) in [7, 11) is 0. The number of pyridine rings is 1. The predicted molar refractivity (Wildman–Crippen MR) is 89.0 cm³/mol. The van der Waals surface area contributed by atoms with E-state index in [4.69, 9.17) is 0 Å². The molecule has 21 heavy (non-hydrogen) atoms. The average Bonchev–Trinajstić information content (AvgIpc) is 2.80. The fourth-order valence-electron chi connectivity index (χ4n) is 2.34. The summed E-state index contributed by atoms with van der Waals surface area (Å²) in [5.74, 6) is 0. The lowest BCUT2D eigenvalue weighted by Gasteiger charge is -2.08. The summed E-state index contributed by atoms with van der Waals surface area (Å²) in [4.78, 5) is 4.08. The van der Waals surface area contributed by atoms with E-state index in [9.17, 15) is 0 Å². The Balaban J connectivity index is 1.75. The van der Waals surface area contributed by atoms with Crippen LogP contribution < -0.4 is 5.32 Å². The van der Waals surface area contributed by atoms with Crippen molar-refractivity contribution in [2.24, 2.45) is 0 Å². The molecule has 0 saturated heterocycles. The zero-order valence-corrected chi connectivity index (χ0v) is 11.9. The van der Waals surface area contributed by atoms with Gasteiger partial charge in [-0.15, -0.1) is 0 Å². The van der Waals surface area contributed by atoms with Crippen LogP contribution in [-0.2, 0) is 0 Å². The summed E-state index contributed by atoms with van der Waals surface area (Å²) in [5.41, 5.74) is 4.89. The summed E-state index contributed by atoms with van der Waals surface area (Å²) in [6.07, 6.45) is 13.5. The topological polar surface area (TPSA) is 24.9 Å². The van der Waals surface area contributed by atoms with E-state index < -0.39 is 0 Å². The summed E-state index contributed by atoms with van der Waals surface area (Å²) < 4.78 is 0. The number of hydrogen-bond donors (Lipinski definition) is 1. The first-order valence-corrected chi connectivity index (χ1v) is 7.18. The number of anilines is 1. The molecule has 3 rings (SSSR count). The Labute approximate surface area is 125 Å². The van der Waals surface area contributed by atoms with Crippen molar-refractivity contribution in [3.8, 4) is 0 Å². The minimum absolute atomic E-state index is 0.822. The van der Waals surface area contributed by atoms with E-state index in [1.165, 1.54) is 16.7 Å². The Morgan fingerprint density at radius 1 is 1.00 bits per heavy atom. The molecule has 0 spiro atoms. The van der Waals surface area contributed by atoms with Crippen LogP contribution in [0.2, 0.25) is 0 Å². The minimum atomic E-state index is 0.822. The molecule has 1 aliphatic rings. The van der Waals surface area contributed by atoms with Crippen LogP contribution in [0.25, 0.3) is 5.57 Å². The molecule has 1 aromatic heterocycles. The van der Waals surface area contributed by atoms with Crippen LogP contribution in [0, 0.1) is 0 Å². The van der Waals surface area contributed by atoms with Gasteiger partial charge in [0.15, 0.2) is 0 Å². The van der Waals surface area contributed by atoms with Gasteiger partial charge in [-0.3, -0.25) is 4.98 Å². The number of allylic oxidation sites excluding steroid dienone is 4. The van der Waals surface area contributed by atoms with Gasteiger partial charge in [0, 0.05) is 24.6 Å². The molecule has 0 atom stereocenters. The van der Waals surface area contributed by atoms with Gasteiger partial charge >= 0.3 is 0 Å². The number of nitrogens with one attached hydrogen (secondary N) is 1. The molecule has 1 aliphatic carbocycles. The van der Waals surface area contributed by atoms with Crippen molar-refractivity contribution in [2.45, 2.75) is 6.42 Å². The van der Waals surface area contributed by atoms with Gasteiger partial charge in [-0.1, -0.05) is 36.4 Å². The van der Waals surface area contributed by atoms with Crippen LogP contribution in [0.15, 0.2) is 84.7 Å². The first kappa shape index (κ1) is 13.4. The van der Waals surface area contributed by atoms with E-state index in [1.54, 1.807) is 0 Å². The van der Waals surface area contributed by atoms with Crippen molar-refractivity contribution in [3.63, 3.8) is 0 Å². The number of para-hydroxylation sites is 1. The van der Waals surface area contributed by atoms with Crippen LogP contribution >= 0.6 is 0 Å². The molecule has 2 aromatic rings. The van der Waals surface area contributed by atoms with Gasteiger partial charge in [0.05, 0.1) is 0 Å². The standard InChI is InChI=1S/C19H18N2/c1-2-8-19(9-3-1)21-15-16-6-4-5-7-18(14-16)17-10-12-20-13-11-17/h1-4,6-14,21H,5,15H2. The first-order valence-electron chi connectivity index (χ1n) is 7.18. The highest BCUT2D eigenvalue weighted by atomic mass is 14.9. The SMILES string of the molecule is C1=CC(CNc2ccccc2)=CC(c2ccncc2)=CC1. The molecule has 0 saturated carbocycles. The van der Waals surface area contributed by atoms with E-state index in [2.05, 4.69) is 58.9 Å². The van der Waals surface area contributed by atoms with Crippen molar-refractivity contribution in [3.05, 3.63) is 90.3 Å². The molecule has 1 aromatic carbocycles. The van der Waals surface area contributed by atoms with Gasteiger partial charge in [0.25, 0.3) is 0 Å². The minimum Gasteiger partial charge on any atom is -0.381 e. The Morgan fingerprint density at radius 2 is 1.81 bits per heavy atom. The number of nitrogens with zero attached hydrogens (tertiary/aromatic N) is 1. The van der Waals surface area contributed by atoms with Gasteiger partial charge in [-0.05, 0) is 53.5 Å². The molecule has 0 radical (unpaired) electrons. The van der Waals surface area contributed by atoms with E-state index in [-0.39, 0.29) is 0 Å². The maximum Gasteiger partial charge on any atom is 0.0400 e. The summed E-state index contributed by atoms with van der Waals surface area (Å²) in [6, 6.07) is 14.4. The van der Waals surface area contributed by atoms with Crippen LogP contribution in [0.5, 0.6) is 0 Å². The zero-order chi connectivity index (χ0) is 14.3. The third-order valence-corrected chi connectivity index (χ3v) is 3.43. The molecule has 0 amide bonds. The lowest BCUT2D eigenvalue weighted by Crippen LogP contribution is -2.03. The second-order valence-corrected chi connectivity index (χ2v) is 4.97. The molecule has 2 nitrogen and oxygen atoms in total. The average molecular weight is 274 g/mol. The van der Waals surface area contributed by atoms with Crippen molar-refractivity contribution in [1.29, 1.82) is 0 Å². The molecule has 0 unspecified atom stereocenters. The largest absolute Gasteiger partial charge is 0.381 e. The Morgan fingerprint density at radius 3 is 2.62 bits per heavy atom. The van der Waals surface area contributed by atoms with Crippen molar-refractivity contribution in [2.75, 3.05) is 11.9 Å². The maximum absolute atomic E-state index is 4.08. The summed E-state index contributed by atoms with van der Waals surface area (Å²) in [6.45, 7) is 0.822. The molecule has 104 valence electrons. The number of rotatable bonds is 4. The van der Waals surface area contributed by atoms with Gasteiger partial charge in [0.1, 0.15) is 0 Å². The Hall–Kier alpha value is -2.61. The third-order valence-electron chi connectivity index (χ3n) is 3.43. The van der Waals surface area contributed by atoms with E-state index in [1.807, 2.05) is 30.6 Å². The summed E-state index contributed by atoms with van der Waals surface area (Å²) >= 11 is 0. The highest BCUT2D eigenvalue weighted by Gasteiger charge is 2.03. The molecule has 0 aliphatic heterocycles. The van der Waals surface area contributed by atoms with Crippen molar-refractivity contribution >= 4 is 11.3 Å². The lowest BCUT2D eigenvalue weighted by atomic mass is 10.0. The molecular weight excluding hydrogens is 256 g/mol. The quantitative estimate of drug-likeness (QED) is 0.890. The molecular formula is C19H18N2. The highest BCUT2D eigenvalue weighted by molar-refractivity contribution is 5.76. The fraction of sp³-hybridized carbons (Fsp3) is 0.105. The second-order valence-electron chi connectivity index (χ2n) is 4.97. The molecule has 1 N–H and O–H groups in total. The normalized spacial score (nSPS) is 14.1. The van der Waals surface area contributed by atoms with Crippen LogP contribution in [0.3, 0.4) is 0 Å². The fourth-order valence-corrected chi connectivity index (χ4v) is 2.34. The summed E-state index contributed by atoms with van der Waals surface area (Å²) in [5, 5.41) is 3.46. The Bertz CT molecular complexity index is 667.